The highest BCUT2D eigenvalue weighted by Gasteiger charge is 2.27. The molecule has 1 atom stereocenters. The Morgan fingerprint density at radius 3 is 2.95 bits per heavy atom. The first kappa shape index (κ1) is 13.2. The zero-order valence-corrected chi connectivity index (χ0v) is 12.3. The van der Waals surface area contributed by atoms with Gasteiger partial charge in [0.2, 0.25) is 0 Å². The van der Waals surface area contributed by atoms with Gasteiger partial charge in [-0.25, -0.2) is 9.67 Å². The molecule has 7 nitrogen and oxygen atoms in total. The van der Waals surface area contributed by atoms with Gasteiger partial charge >= 0.3 is 0 Å². The maximum Gasteiger partial charge on any atom is 0.267 e. The third-order valence-corrected chi connectivity index (χ3v) is 4.16. The summed E-state index contributed by atoms with van der Waals surface area (Å²) < 4.78 is 5.69. The van der Waals surface area contributed by atoms with Crippen LogP contribution in [0.25, 0.3) is 0 Å². The Bertz CT molecular complexity index is 608. The van der Waals surface area contributed by atoms with Crippen molar-refractivity contribution in [1.82, 2.24) is 29.3 Å². The zero-order chi connectivity index (χ0) is 14.1. The molecule has 0 aliphatic carbocycles. The van der Waals surface area contributed by atoms with Crippen molar-refractivity contribution in [1.29, 1.82) is 0 Å². The van der Waals surface area contributed by atoms with Gasteiger partial charge < -0.3 is 4.90 Å². The highest BCUT2D eigenvalue weighted by molar-refractivity contribution is 7.07. The second-order valence-electron chi connectivity index (χ2n) is 4.98. The van der Waals surface area contributed by atoms with Crippen molar-refractivity contribution < 1.29 is 4.79 Å². The Kier molecular flexibility index (Phi) is 3.47. The van der Waals surface area contributed by atoms with Gasteiger partial charge in [0.1, 0.15) is 16.5 Å². The predicted molar refractivity (Wildman–Crippen MR) is 73.6 cm³/mol. The minimum Gasteiger partial charge on any atom is -0.336 e. The number of rotatable bonds is 2. The van der Waals surface area contributed by atoms with Gasteiger partial charge in [-0.1, -0.05) is 4.49 Å². The Labute approximate surface area is 120 Å². The van der Waals surface area contributed by atoms with Crippen LogP contribution in [-0.4, -0.2) is 48.2 Å². The molecule has 0 N–H and O–H groups in total. The normalized spacial score (nSPS) is 19.3. The predicted octanol–water partition coefficient (Wildman–Crippen LogP) is 1.22. The first-order chi connectivity index (χ1) is 9.65. The van der Waals surface area contributed by atoms with Crippen LogP contribution in [0.5, 0.6) is 0 Å². The van der Waals surface area contributed by atoms with Crippen LogP contribution in [0.3, 0.4) is 0 Å². The van der Waals surface area contributed by atoms with E-state index in [9.17, 15) is 4.79 Å². The summed E-state index contributed by atoms with van der Waals surface area (Å²) >= 11 is 1.14. The van der Waals surface area contributed by atoms with Gasteiger partial charge in [-0.2, -0.15) is 5.10 Å². The fourth-order valence-electron chi connectivity index (χ4n) is 2.64. The molecule has 1 amide bonds. The first-order valence-corrected chi connectivity index (χ1v) is 7.39. The average Bonchev–Trinajstić information content (AvgIpc) is 3.08. The molecule has 0 saturated carbocycles. The van der Waals surface area contributed by atoms with Gasteiger partial charge in [0.05, 0.1) is 12.2 Å². The Balaban J connectivity index is 1.77. The van der Waals surface area contributed by atoms with Gasteiger partial charge in [-0.3, -0.25) is 4.79 Å². The molecule has 0 spiro atoms. The van der Waals surface area contributed by atoms with Gasteiger partial charge in [0.15, 0.2) is 0 Å². The highest BCUT2D eigenvalue weighted by atomic mass is 32.1. The second-order valence-corrected chi connectivity index (χ2v) is 5.77. The molecule has 2 aromatic heterocycles. The van der Waals surface area contributed by atoms with E-state index in [4.69, 9.17) is 0 Å². The highest BCUT2D eigenvalue weighted by Crippen LogP contribution is 2.23. The quantitative estimate of drug-likeness (QED) is 0.832. The maximum absolute atomic E-state index is 12.3. The number of nitrogens with zero attached hydrogens (tertiary/aromatic N) is 6. The van der Waals surface area contributed by atoms with E-state index in [0.29, 0.717) is 11.4 Å². The third-order valence-electron chi connectivity index (χ3n) is 3.51. The number of hydrogen-bond donors (Lipinski definition) is 0. The number of hydrogen-bond acceptors (Lipinski definition) is 6. The van der Waals surface area contributed by atoms with Crippen LogP contribution in [0, 0.1) is 13.8 Å². The molecule has 2 aromatic rings. The number of aryl methyl sites for hydroxylation is 2. The van der Waals surface area contributed by atoms with Crippen molar-refractivity contribution in [3.05, 3.63) is 22.7 Å². The van der Waals surface area contributed by atoms with E-state index in [-0.39, 0.29) is 11.9 Å². The molecule has 8 heteroatoms. The average molecular weight is 292 g/mol. The molecule has 0 aromatic carbocycles. The van der Waals surface area contributed by atoms with E-state index in [1.165, 1.54) is 6.20 Å². The molecule has 0 radical (unpaired) electrons. The van der Waals surface area contributed by atoms with Gasteiger partial charge in [0.25, 0.3) is 5.91 Å². The summed E-state index contributed by atoms with van der Waals surface area (Å²) in [6.07, 6.45) is 3.52. The minimum absolute atomic E-state index is 0.0131. The second kappa shape index (κ2) is 5.28. The molecule has 3 rings (SSSR count). The van der Waals surface area contributed by atoms with Crippen molar-refractivity contribution in [2.75, 3.05) is 13.1 Å². The van der Waals surface area contributed by atoms with Gasteiger partial charge in [-0.15, -0.1) is 5.10 Å². The SMILES string of the molecule is Cc1nc(C)n(C2CCCN(C(=O)c3cnns3)C2)n1. The van der Waals surface area contributed by atoms with Crippen molar-refractivity contribution >= 4 is 17.4 Å². The maximum atomic E-state index is 12.3. The summed E-state index contributed by atoms with van der Waals surface area (Å²) in [6.45, 7) is 5.28. The lowest BCUT2D eigenvalue weighted by Crippen LogP contribution is -2.41. The van der Waals surface area contributed by atoms with Crippen LogP contribution < -0.4 is 0 Å². The summed E-state index contributed by atoms with van der Waals surface area (Å²) in [6, 6.07) is 0.204. The number of likely N-dealkylation sites (tertiary alicyclic amines) is 1. The van der Waals surface area contributed by atoms with Crippen molar-refractivity contribution in [2.24, 2.45) is 0 Å². The van der Waals surface area contributed by atoms with E-state index in [1.807, 2.05) is 23.4 Å². The summed E-state index contributed by atoms with van der Waals surface area (Å²) in [5.41, 5.74) is 0. The topological polar surface area (TPSA) is 76.8 Å². The molecule has 1 fully saturated rings. The van der Waals surface area contributed by atoms with Crippen LogP contribution in [0.15, 0.2) is 6.20 Å². The third kappa shape index (κ3) is 2.43. The van der Waals surface area contributed by atoms with E-state index in [1.54, 1.807) is 0 Å². The largest absolute Gasteiger partial charge is 0.336 e. The molecular formula is C12H16N6OS. The van der Waals surface area contributed by atoms with Gasteiger partial charge in [0, 0.05) is 13.1 Å². The number of amides is 1. The summed E-state index contributed by atoms with van der Waals surface area (Å²) in [4.78, 5) is 19.1. The zero-order valence-electron chi connectivity index (χ0n) is 11.5. The lowest BCUT2D eigenvalue weighted by Gasteiger charge is -2.32. The monoisotopic (exact) mass is 292 g/mol. The van der Waals surface area contributed by atoms with Crippen molar-refractivity contribution in [3.63, 3.8) is 0 Å². The Morgan fingerprint density at radius 2 is 2.30 bits per heavy atom. The molecule has 0 bridgehead atoms. The number of carbonyl (C=O) groups is 1. The number of piperidine rings is 1. The van der Waals surface area contributed by atoms with E-state index >= 15 is 0 Å². The van der Waals surface area contributed by atoms with Crippen molar-refractivity contribution in [2.45, 2.75) is 32.7 Å². The summed E-state index contributed by atoms with van der Waals surface area (Å²) in [7, 11) is 0. The van der Waals surface area contributed by atoms with Crippen LogP contribution in [0.4, 0.5) is 0 Å². The summed E-state index contributed by atoms with van der Waals surface area (Å²) in [5.74, 6) is 1.69. The van der Waals surface area contributed by atoms with E-state index in [2.05, 4.69) is 19.7 Å². The fourth-order valence-corrected chi connectivity index (χ4v) is 3.12. The molecule has 1 saturated heterocycles. The van der Waals surface area contributed by atoms with Crippen LogP contribution in [0.1, 0.15) is 40.2 Å². The van der Waals surface area contributed by atoms with Crippen LogP contribution >= 0.6 is 11.5 Å². The van der Waals surface area contributed by atoms with Crippen molar-refractivity contribution in [3.8, 4) is 0 Å². The number of carbonyl (C=O) groups excluding carboxylic acids is 1. The van der Waals surface area contributed by atoms with Crippen LogP contribution in [0.2, 0.25) is 0 Å². The Morgan fingerprint density at radius 1 is 1.45 bits per heavy atom. The molecule has 3 heterocycles. The van der Waals surface area contributed by atoms with Crippen LogP contribution in [-0.2, 0) is 0 Å². The molecule has 1 aliphatic rings. The first-order valence-electron chi connectivity index (χ1n) is 6.61. The van der Waals surface area contributed by atoms with E-state index in [0.717, 1.165) is 42.6 Å². The molecule has 1 unspecified atom stereocenters. The summed E-state index contributed by atoms with van der Waals surface area (Å²) in [5, 5.41) is 8.16. The fraction of sp³-hybridized carbons (Fsp3) is 0.583. The van der Waals surface area contributed by atoms with Gasteiger partial charge in [-0.05, 0) is 38.2 Å². The Hall–Kier alpha value is -1.83. The number of aromatic nitrogens is 5. The lowest BCUT2D eigenvalue weighted by molar-refractivity contribution is 0.0676. The molecular weight excluding hydrogens is 276 g/mol. The molecule has 20 heavy (non-hydrogen) atoms. The molecule has 1 aliphatic heterocycles. The lowest BCUT2D eigenvalue weighted by atomic mass is 10.1. The van der Waals surface area contributed by atoms with E-state index < -0.39 is 0 Å². The molecule has 106 valence electrons. The minimum atomic E-state index is 0.0131. The smallest absolute Gasteiger partial charge is 0.267 e. The standard InChI is InChI=1S/C12H16N6OS/c1-8-14-9(2)18(15-8)10-4-3-5-17(7-10)12(19)11-6-13-16-20-11/h6,10H,3-5,7H2,1-2H3.